The van der Waals surface area contributed by atoms with Gasteiger partial charge >= 0.3 is 6.09 Å². The molecule has 8 nitrogen and oxygen atoms in total. The van der Waals surface area contributed by atoms with Crippen molar-refractivity contribution in [2.45, 2.75) is 51.0 Å². The predicted octanol–water partition coefficient (Wildman–Crippen LogP) is 3.63. The van der Waals surface area contributed by atoms with Crippen LogP contribution in [0.3, 0.4) is 0 Å². The molecule has 9 heteroatoms. The number of hydrogen-bond acceptors (Lipinski definition) is 5. The number of carbonyl (C=O) groups is 2. The maximum Gasteiger partial charge on any atom is 0.409 e. The highest BCUT2D eigenvalue weighted by atomic mass is 32.2. The van der Waals surface area contributed by atoms with E-state index in [0.29, 0.717) is 38.2 Å². The average molecular weight is 488 g/mol. The Bertz CT molecular complexity index is 1080. The van der Waals surface area contributed by atoms with Gasteiger partial charge in [-0.05, 0) is 57.9 Å². The Morgan fingerprint density at radius 3 is 2.12 bits per heavy atom. The summed E-state index contributed by atoms with van der Waals surface area (Å²) in [4.78, 5) is 26.4. The minimum atomic E-state index is -3.84. The van der Waals surface area contributed by atoms with Crippen LogP contribution in [-0.2, 0) is 19.6 Å². The number of likely N-dealkylation sites (tertiary alicyclic amines) is 1. The molecule has 34 heavy (non-hydrogen) atoms. The first-order valence-corrected chi connectivity index (χ1v) is 13.0. The molecule has 1 fully saturated rings. The summed E-state index contributed by atoms with van der Waals surface area (Å²) in [5, 5.41) is 2.99. The number of piperidine rings is 1. The van der Waals surface area contributed by atoms with E-state index in [9.17, 15) is 18.0 Å². The van der Waals surface area contributed by atoms with E-state index in [-0.39, 0.29) is 35.9 Å². The largest absolute Gasteiger partial charge is 0.450 e. The first-order chi connectivity index (χ1) is 16.2. The molecular formula is C25H33N3O5S. The average Bonchev–Trinajstić information content (AvgIpc) is 2.81. The number of hydrogen-bond donors (Lipinski definition) is 1. The summed E-state index contributed by atoms with van der Waals surface area (Å²) in [6.45, 7) is 6.98. The van der Waals surface area contributed by atoms with E-state index in [0.717, 1.165) is 11.1 Å². The van der Waals surface area contributed by atoms with Crippen molar-refractivity contribution in [1.29, 1.82) is 0 Å². The van der Waals surface area contributed by atoms with Crippen LogP contribution in [0.25, 0.3) is 0 Å². The molecule has 0 atom stereocenters. The second kappa shape index (κ2) is 11.4. The molecule has 3 rings (SSSR count). The van der Waals surface area contributed by atoms with E-state index in [2.05, 4.69) is 5.32 Å². The number of aryl methyl sites for hydroxylation is 2. The molecule has 2 amide bonds. The monoisotopic (exact) mass is 487 g/mol. The Hall–Kier alpha value is -3.07. The van der Waals surface area contributed by atoms with Gasteiger partial charge in [0.05, 0.1) is 17.2 Å². The lowest BCUT2D eigenvalue weighted by atomic mass is 10.1. The zero-order chi connectivity index (χ0) is 24.7. The number of amides is 2. The summed E-state index contributed by atoms with van der Waals surface area (Å²) in [5.74, 6) is -0.217. The number of nitrogens with zero attached hydrogens (tertiary/aromatic N) is 2. The van der Waals surface area contributed by atoms with Crippen molar-refractivity contribution in [2.75, 3.05) is 30.5 Å². The van der Waals surface area contributed by atoms with Crippen molar-refractivity contribution in [2.24, 2.45) is 0 Å². The van der Waals surface area contributed by atoms with Gasteiger partial charge in [-0.15, -0.1) is 0 Å². The minimum Gasteiger partial charge on any atom is -0.450 e. The number of carbonyl (C=O) groups excluding carboxylic acids is 2. The lowest BCUT2D eigenvalue weighted by Gasteiger charge is -2.32. The van der Waals surface area contributed by atoms with Gasteiger partial charge in [-0.25, -0.2) is 13.2 Å². The molecule has 184 valence electrons. The van der Waals surface area contributed by atoms with Crippen molar-refractivity contribution >= 4 is 27.7 Å². The van der Waals surface area contributed by atoms with Gasteiger partial charge in [0.25, 0.3) is 10.0 Å². The van der Waals surface area contributed by atoms with Gasteiger partial charge in [-0.1, -0.05) is 35.4 Å². The summed E-state index contributed by atoms with van der Waals surface area (Å²) in [6.07, 6.45) is 0.959. The quantitative estimate of drug-likeness (QED) is 0.614. The zero-order valence-corrected chi connectivity index (χ0v) is 20.8. The van der Waals surface area contributed by atoms with E-state index in [1.54, 1.807) is 48.2 Å². The fourth-order valence-corrected chi connectivity index (χ4v) is 5.33. The topological polar surface area (TPSA) is 96.0 Å². The number of ether oxygens (including phenoxy) is 1. The standard InChI is InChI=1S/C25H33N3O5S/c1-4-33-25(30)27-16-13-21(14-17-27)26-24(29)15-18-28(22-9-5-19(2)6-10-22)34(31,32)23-11-7-20(3)8-12-23/h5-12,21H,4,13-18H2,1-3H3,(H,26,29). The highest BCUT2D eigenvalue weighted by Gasteiger charge is 2.27. The highest BCUT2D eigenvalue weighted by molar-refractivity contribution is 7.92. The van der Waals surface area contributed by atoms with E-state index in [1.807, 2.05) is 26.0 Å². The van der Waals surface area contributed by atoms with Crippen molar-refractivity contribution in [1.82, 2.24) is 10.2 Å². The molecule has 1 saturated heterocycles. The van der Waals surface area contributed by atoms with Crippen LogP contribution in [0.4, 0.5) is 10.5 Å². The SMILES string of the molecule is CCOC(=O)N1CCC(NC(=O)CCN(c2ccc(C)cc2)S(=O)(=O)c2ccc(C)cc2)CC1. The Labute approximate surface area is 201 Å². The molecule has 0 aromatic heterocycles. The molecule has 0 aliphatic carbocycles. The smallest absolute Gasteiger partial charge is 0.409 e. The molecule has 1 aliphatic rings. The normalized spacial score (nSPS) is 14.5. The Kier molecular flexibility index (Phi) is 8.55. The van der Waals surface area contributed by atoms with Crippen molar-refractivity contribution < 1.29 is 22.7 Å². The van der Waals surface area contributed by atoms with E-state index < -0.39 is 10.0 Å². The van der Waals surface area contributed by atoms with Crippen LogP contribution >= 0.6 is 0 Å². The van der Waals surface area contributed by atoms with Gasteiger partial charge in [-0.3, -0.25) is 9.10 Å². The number of rotatable bonds is 8. The Morgan fingerprint density at radius 2 is 1.56 bits per heavy atom. The van der Waals surface area contributed by atoms with Gasteiger partial charge in [0.15, 0.2) is 0 Å². The van der Waals surface area contributed by atoms with E-state index >= 15 is 0 Å². The molecule has 2 aromatic rings. The first kappa shape index (κ1) is 25.6. The molecule has 1 heterocycles. The molecule has 1 aliphatic heterocycles. The molecule has 0 spiro atoms. The second-order valence-corrected chi connectivity index (χ2v) is 10.4. The van der Waals surface area contributed by atoms with E-state index in [4.69, 9.17) is 4.74 Å². The highest BCUT2D eigenvalue weighted by Crippen LogP contribution is 2.25. The maximum atomic E-state index is 13.4. The van der Waals surface area contributed by atoms with Crippen LogP contribution < -0.4 is 9.62 Å². The van der Waals surface area contributed by atoms with Gasteiger partial charge in [0.1, 0.15) is 0 Å². The fraction of sp³-hybridized carbons (Fsp3) is 0.440. The van der Waals surface area contributed by atoms with Crippen molar-refractivity contribution in [3.63, 3.8) is 0 Å². The first-order valence-electron chi connectivity index (χ1n) is 11.6. The fourth-order valence-electron chi connectivity index (χ4n) is 3.86. The minimum absolute atomic E-state index is 0.0206. The third-order valence-electron chi connectivity index (χ3n) is 5.86. The molecular weight excluding hydrogens is 454 g/mol. The van der Waals surface area contributed by atoms with Gasteiger partial charge in [-0.2, -0.15) is 0 Å². The summed E-state index contributed by atoms with van der Waals surface area (Å²) in [5.41, 5.74) is 2.50. The lowest BCUT2D eigenvalue weighted by molar-refractivity contribution is -0.121. The van der Waals surface area contributed by atoms with Crippen LogP contribution in [0.15, 0.2) is 53.4 Å². The number of nitrogens with one attached hydrogen (secondary N) is 1. The van der Waals surface area contributed by atoms with Crippen LogP contribution in [0.5, 0.6) is 0 Å². The van der Waals surface area contributed by atoms with Crippen LogP contribution in [0.2, 0.25) is 0 Å². The molecule has 0 radical (unpaired) electrons. The molecule has 0 unspecified atom stereocenters. The summed E-state index contributed by atoms with van der Waals surface area (Å²) < 4.78 is 33.2. The van der Waals surface area contributed by atoms with E-state index in [1.165, 1.54) is 4.31 Å². The van der Waals surface area contributed by atoms with Crippen LogP contribution in [0, 0.1) is 13.8 Å². The Morgan fingerprint density at radius 1 is 1.00 bits per heavy atom. The second-order valence-electron chi connectivity index (χ2n) is 8.50. The van der Waals surface area contributed by atoms with Crippen molar-refractivity contribution in [3.8, 4) is 0 Å². The third kappa shape index (κ3) is 6.50. The van der Waals surface area contributed by atoms with Crippen molar-refractivity contribution in [3.05, 3.63) is 59.7 Å². The van der Waals surface area contributed by atoms with Gasteiger partial charge < -0.3 is 15.0 Å². The summed E-state index contributed by atoms with van der Waals surface area (Å²) in [7, 11) is -3.84. The number of sulfonamides is 1. The predicted molar refractivity (Wildman–Crippen MR) is 131 cm³/mol. The Balaban J connectivity index is 1.65. The third-order valence-corrected chi connectivity index (χ3v) is 7.70. The molecule has 0 bridgehead atoms. The number of benzene rings is 2. The molecule has 0 saturated carbocycles. The maximum absolute atomic E-state index is 13.4. The van der Waals surface area contributed by atoms with Crippen LogP contribution in [-0.4, -0.2) is 57.6 Å². The zero-order valence-electron chi connectivity index (χ0n) is 20.0. The lowest BCUT2D eigenvalue weighted by Crippen LogP contribution is -2.47. The van der Waals surface area contributed by atoms with Crippen LogP contribution in [0.1, 0.15) is 37.3 Å². The summed E-state index contributed by atoms with van der Waals surface area (Å²) in [6, 6.07) is 13.8. The molecule has 2 aromatic carbocycles. The summed E-state index contributed by atoms with van der Waals surface area (Å²) >= 11 is 0. The van der Waals surface area contributed by atoms with Gasteiger partial charge in [0.2, 0.25) is 5.91 Å². The molecule has 1 N–H and O–H groups in total. The number of anilines is 1. The van der Waals surface area contributed by atoms with Gasteiger partial charge in [0, 0.05) is 32.1 Å².